The number of hydrogen-bond acceptors (Lipinski definition) is 4. The van der Waals surface area contributed by atoms with Crippen molar-refractivity contribution in [1.29, 1.82) is 0 Å². The maximum Gasteiger partial charge on any atom is 0.207 e. The first kappa shape index (κ1) is 19.0. The van der Waals surface area contributed by atoms with Gasteiger partial charge in [0.2, 0.25) is 6.41 Å². The van der Waals surface area contributed by atoms with E-state index in [0.29, 0.717) is 12.0 Å². The van der Waals surface area contributed by atoms with Gasteiger partial charge < -0.3 is 15.0 Å². The summed E-state index contributed by atoms with van der Waals surface area (Å²) >= 11 is 0. The third-order valence-corrected chi connectivity index (χ3v) is 6.25. The van der Waals surface area contributed by atoms with Crippen LogP contribution in [0.5, 0.6) is 5.75 Å². The monoisotopic (exact) mass is 359 g/mol. The van der Waals surface area contributed by atoms with E-state index in [1.165, 1.54) is 37.8 Å². The van der Waals surface area contributed by atoms with Crippen LogP contribution in [0.15, 0.2) is 24.3 Å². The first-order valence-corrected chi connectivity index (χ1v) is 10.1. The second-order valence-corrected chi connectivity index (χ2v) is 7.67. The van der Waals surface area contributed by atoms with Crippen LogP contribution in [0.2, 0.25) is 0 Å². The number of methoxy groups -OCH3 is 1. The molecule has 5 heteroatoms. The highest BCUT2D eigenvalue weighted by Crippen LogP contribution is 2.30. The Labute approximate surface area is 157 Å². The Morgan fingerprint density at radius 1 is 1.15 bits per heavy atom. The number of nitrogens with zero attached hydrogens (tertiary/aromatic N) is 2. The molecule has 1 amide bonds. The summed E-state index contributed by atoms with van der Waals surface area (Å²) in [4.78, 5) is 16.2. The van der Waals surface area contributed by atoms with Gasteiger partial charge >= 0.3 is 0 Å². The second kappa shape index (κ2) is 9.26. The van der Waals surface area contributed by atoms with E-state index in [4.69, 9.17) is 4.74 Å². The lowest BCUT2D eigenvalue weighted by Crippen LogP contribution is -2.57. The van der Waals surface area contributed by atoms with Crippen molar-refractivity contribution < 1.29 is 9.53 Å². The van der Waals surface area contributed by atoms with Gasteiger partial charge in [-0.15, -0.1) is 0 Å². The lowest BCUT2D eigenvalue weighted by atomic mass is 9.81. The summed E-state index contributed by atoms with van der Waals surface area (Å²) in [6, 6.07) is 8.96. The molecule has 0 radical (unpaired) electrons. The summed E-state index contributed by atoms with van der Waals surface area (Å²) in [5, 5.41) is 3.16. The summed E-state index contributed by atoms with van der Waals surface area (Å²) in [5.74, 6) is 1.53. The first-order chi connectivity index (χ1) is 12.7. The van der Waals surface area contributed by atoms with E-state index in [9.17, 15) is 4.79 Å². The van der Waals surface area contributed by atoms with Crippen LogP contribution in [-0.2, 0) is 4.79 Å². The summed E-state index contributed by atoms with van der Waals surface area (Å²) in [6.45, 7) is 6.37. The third kappa shape index (κ3) is 4.50. The highest BCUT2D eigenvalue weighted by Gasteiger charge is 2.32. The zero-order valence-electron chi connectivity index (χ0n) is 16.2. The summed E-state index contributed by atoms with van der Waals surface area (Å²) in [5.41, 5.74) is 1.23. The molecule has 2 aliphatic rings. The molecule has 1 aromatic carbocycles. The van der Waals surface area contributed by atoms with Gasteiger partial charge in [0.1, 0.15) is 5.75 Å². The van der Waals surface area contributed by atoms with Crippen molar-refractivity contribution in [1.82, 2.24) is 10.2 Å². The van der Waals surface area contributed by atoms with Crippen molar-refractivity contribution in [3.05, 3.63) is 24.3 Å². The Balaban J connectivity index is 1.59. The van der Waals surface area contributed by atoms with Gasteiger partial charge in [0.05, 0.1) is 7.11 Å². The normalized spacial score (nSPS) is 21.8. The molecule has 0 aromatic heterocycles. The SMILES string of the molecule is COc1cccc(N2CCN(C(C)[C@H](NC=O)C3CCCCC3)CC2)c1. The molecule has 2 fully saturated rings. The van der Waals surface area contributed by atoms with Crippen molar-refractivity contribution in [3.63, 3.8) is 0 Å². The number of carbonyl (C=O) groups is 1. The predicted octanol–water partition coefficient (Wildman–Crippen LogP) is 2.90. The van der Waals surface area contributed by atoms with Gasteiger partial charge in [-0.2, -0.15) is 0 Å². The summed E-state index contributed by atoms with van der Waals surface area (Å²) in [6.07, 6.45) is 7.36. The van der Waals surface area contributed by atoms with Gasteiger partial charge in [0.15, 0.2) is 0 Å². The molecular weight excluding hydrogens is 326 g/mol. The van der Waals surface area contributed by atoms with E-state index in [0.717, 1.165) is 38.3 Å². The molecular formula is C21H33N3O2. The molecule has 1 unspecified atom stereocenters. The van der Waals surface area contributed by atoms with Gasteiger partial charge in [-0.25, -0.2) is 0 Å². The number of piperazine rings is 1. The van der Waals surface area contributed by atoms with Crippen LogP contribution < -0.4 is 15.0 Å². The number of anilines is 1. The molecule has 26 heavy (non-hydrogen) atoms. The fraction of sp³-hybridized carbons (Fsp3) is 0.667. The first-order valence-electron chi connectivity index (χ1n) is 10.1. The van der Waals surface area contributed by atoms with E-state index in [1.807, 2.05) is 6.07 Å². The number of nitrogens with one attached hydrogen (secondary N) is 1. The molecule has 5 nitrogen and oxygen atoms in total. The Kier molecular flexibility index (Phi) is 6.78. The maximum atomic E-state index is 11.2. The standard InChI is InChI=1S/C21H33N3O2/c1-17(21(22-16-25)18-7-4-3-5-8-18)23-11-13-24(14-12-23)19-9-6-10-20(15-19)26-2/h6,9-10,15-18,21H,3-5,7-8,11-14H2,1-2H3,(H,22,25)/t17?,21-/m0/s1. The van der Waals surface area contributed by atoms with Crippen molar-refractivity contribution in [2.75, 3.05) is 38.2 Å². The van der Waals surface area contributed by atoms with E-state index in [-0.39, 0.29) is 6.04 Å². The fourth-order valence-corrected chi connectivity index (χ4v) is 4.66. The molecule has 3 rings (SSSR count). The van der Waals surface area contributed by atoms with Crippen LogP contribution >= 0.6 is 0 Å². The maximum absolute atomic E-state index is 11.2. The molecule has 1 saturated heterocycles. The Morgan fingerprint density at radius 3 is 2.54 bits per heavy atom. The summed E-state index contributed by atoms with van der Waals surface area (Å²) in [7, 11) is 1.71. The molecule has 1 aliphatic heterocycles. The van der Waals surface area contributed by atoms with Gasteiger partial charge in [-0.05, 0) is 37.8 Å². The lowest BCUT2D eigenvalue weighted by Gasteiger charge is -2.44. The highest BCUT2D eigenvalue weighted by atomic mass is 16.5. The number of amides is 1. The van der Waals surface area contributed by atoms with Gasteiger partial charge in [0.25, 0.3) is 0 Å². The molecule has 2 atom stereocenters. The van der Waals surface area contributed by atoms with E-state index in [2.05, 4.69) is 40.2 Å². The van der Waals surface area contributed by atoms with Gasteiger partial charge in [0, 0.05) is 50.0 Å². The van der Waals surface area contributed by atoms with Crippen molar-refractivity contribution in [2.45, 2.75) is 51.1 Å². The van der Waals surface area contributed by atoms with Crippen LogP contribution in [0.3, 0.4) is 0 Å². The third-order valence-electron chi connectivity index (χ3n) is 6.25. The number of hydrogen-bond donors (Lipinski definition) is 1. The van der Waals surface area contributed by atoms with Crippen LogP contribution in [0, 0.1) is 5.92 Å². The molecule has 1 aliphatic carbocycles. The smallest absolute Gasteiger partial charge is 0.207 e. The number of ether oxygens (including phenoxy) is 1. The van der Waals surface area contributed by atoms with Gasteiger partial charge in [-0.1, -0.05) is 25.3 Å². The highest BCUT2D eigenvalue weighted by molar-refractivity contribution is 5.51. The minimum Gasteiger partial charge on any atom is -0.497 e. The van der Waals surface area contributed by atoms with Crippen molar-refractivity contribution >= 4 is 12.1 Å². The summed E-state index contributed by atoms with van der Waals surface area (Å²) < 4.78 is 5.35. The molecule has 1 N–H and O–H groups in total. The minimum absolute atomic E-state index is 0.274. The number of carbonyl (C=O) groups excluding carboxylic acids is 1. The average Bonchev–Trinajstić information content (AvgIpc) is 2.72. The number of benzene rings is 1. The lowest BCUT2D eigenvalue weighted by molar-refractivity contribution is -0.111. The Morgan fingerprint density at radius 2 is 1.88 bits per heavy atom. The van der Waals surface area contributed by atoms with E-state index < -0.39 is 0 Å². The zero-order chi connectivity index (χ0) is 18.4. The minimum atomic E-state index is 0.274. The van der Waals surface area contributed by atoms with Gasteiger partial charge in [-0.3, -0.25) is 9.69 Å². The van der Waals surface area contributed by atoms with E-state index in [1.54, 1.807) is 7.11 Å². The largest absolute Gasteiger partial charge is 0.497 e. The zero-order valence-corrected chi connectivity index (χ0v) is 16.2. The van der Waals surface area contributed by atoms with Crippen molar-refractivity contribution in [3.8, 4) is 5.75 Å². The molecule has 0 spiro atoms. The van der Waals surface area contributed by atoms with Crippen LogP contribution in [-0.4, -0.2) is 56.7 Å². The topological polar surface area (TPSA) is 44.8 Å². The Bertz CT molecular complexity index is 566. The van der Waals surface area contributed by atoms with Crippen molar-refractivity contribution in [2.24, 2.45) is 5.92 Å². The Hall–Kier alpha value is -1.75. The molecule has 1 heterocycles. The number of rotatable bonds is 7. The average molecular weight is 360 g/mol. The van der Waals surface area contributed by atoms with Crippen LogP contribution in [0.25, 0.3) is 0 Å². The van der Waals surface area contributed by atoms with Crippen LogP contribution in [0.4, 0.5) is 5.69 Å². The quantitative estimate of drug-likeness (QED) is 0.761. The predicted molar refractivity (Wildman–Crippen MR) is 106 cm³/mol. The molecule has 144 valence electrons. The molecule has 1 aromatic rings. The molecule has 1 saturated carbocycles. The van der Waals surface area contributed by atoms with Crippen LogP contribution in [0.1, 0.15) is 39.0 Å². The second-order valence-electron chi connectivity index (χ2n) is 7.67. The van der Waals surface area contributed by atoms with E-state index >= 15 is 0 Å². The molecule has 0 bridgehead atoms. The fourth-order valence-electron chi connectivity index (χ4n) is 4.66.